The van der Waals surface area contributed by atoms with Crippen LogP contribution in [0, 0.1) is 13.8 Å². The summed E-state index contributed by atoms with van der Waals surface area (Å²) >= 11 is 7.55. The zero-order valence-electron chi connectivity index (χ0n) is 14.4. The quantitative estimate of drug-likeness (QED) is 0.640. The van der Waals surface area contributed by atoms with Crippen LogP contribution in [0.3, 0.4) is 0 Å². The number of halogens is 1. The van der Waals surface area contributed by atoms with E-state index in [2.05, 4.69) is 44.3 Å². The smallest absolute Gasteiger partial charge is 0.221 e. The maximum atomic E-state index is 12.3. The molecule has 1 amide bonds. The standard InChI is InChI=1S/C20H24ClNOS/c1-4-19(18-10-5-14(2)13-15(18)3)22-20(23)11-12-24-17-8-6-16(21)7-9-17/h5-10,13,19H,4,11-12H2,1-3H3,(H,22,23)/t19-/m0/s1. The summed E-state index contributed by atoms with van der Waals surface area (Å²) in [4.78, 5) is 13.4. The van der Waals surface area contributed by atoms with Gasteiger partial charge in [0.15, 0.2) is 0 Å². The first-order valence-electron chi connectivity index (χ1n) is 8.24. The van der Waals surface area contributed by atoms with Gasteiger partial charge in [-0.25, -0.2) is 0 Å². The molecular formula is C20H24ClNOS. The Morgan fingerprint density at radius 1 is 1.17 bits per heavy atom. The van der Waals surface area contributed by atoms with Crippen molar-refractivity contribution in [1.82, 2.24) is 5.32 Å². The van der Waals surface area contributed by atoms with E-state index in [0.29, 0.717) is 6.42 Å². The average Bonchev–Trinajstić information content (AvgIpc) is 2.55. The highest BCUT2D eigenvalue weighted by molar-refractivity contribution is 7.99. The zero-order valence-corrected chi connectivity index (χ0v) is 16.0. The number of carbonyl (C=O) groups is 1. The summed E-state index contributed by atoms with van der Waals surface area (Å²) in [6.07, 6.45) is 1.40. The van der Waals surface area contributed by atoms with Crippen LogP contribution in [0.4, 0.5) is 0 Å². The Morgan fingerprint density at radius 2 is 1.88 bits per heavy atom. The van der Waals surface area contributed by atoms with Gasteiger partial charge in [0.05, 0.1) is 6.04 Å². The van der Waals surface area contributed by atoms with Crippen molar-refractivity contribution in [3.8, 4) is 0 Å². The fraction of sp³-hybridized carbons (Fsp3) is 0.350. The van der Waals surface area contributed by atoms with Crippen LogP contribution in [0.5, 0.6) is 0 Å². The van der Waals surface area contributed by atoms with Crippen molar-refractivity contribution in [1.29, 1.82) is 0 Å². The van der Waals surface area contributed by atoms with E-state index in [4.69, 9.17) is 11.6 Å². The Morgan fingerprint density at radius 3 is 2.50 bits per heavy atom. The van der Waals surface area contributed by atoms with E-state index in [9.17, 15) is 4.79 Å². The molecule has 1 atom stereocenters. The fourth-order valence-corrected chi connectivity index (χ4v) is 3.65. The van der Waals surface area contributed by atoms with Crippen LogP contribution in [-0.2, 0) is 4.79 Å². The van der Waals surface area contributed by atoms with Gasteiger partial charge in [-0.15, -0.1) is 11.8 Å². The van der Waals surface area contributed by atoms with Gasteiger partial charge in [0, 0.05) is 22.1 Å². The molecule has 2 rings (SSSR count). The largest absolute Gasteiger partial charge is 0.349 e. The Labute approximate surface area is 154 Å². The highest BCUT2D eigenvalue weighted by atomic mass is 35.5. The lowest BCUT2D eigenvalue weighted by Crippen LogP contribution is -2.28. The number of hydrogen-bond acceptors (Lipinski definition) is 2. The molecule has 0 aliphatic rings. The molecule has 0 saturated heterocycles. The second kappa shape index (κ2) is 9.14. The number of carbonyl (C=O) groups excluding carboxylic acids is 1. The highest BCUT2D eigenvalue weighted by Crippen LogP contribution is 2.23. The van der Waals surface area contributed by atoms with Crippen molar-refractivity contribution in [3.63, 3.8) is 0 Å². The van der Waals surface area contributed by atoms with E-state index in [1.807, 2.05) is 24.3 Å². The maximum Gasteiger partial charge on any atom is 0.221 e. The number of rotatable bonds is 7. The lowest BCUT2D eigenvalue weighted by molar-refractivity contribution is -0.121. The van der Waals surface area contributed by atoms with Gasteiger partial charge in [0.2, 0.25) is 5.91 Å². The molecule has 0 heterocycles. The van der Waals surface area contributed by atoms with Crippen LogP contribution >= 0.6 is 23.4 Å². The molecule has 128 valence electrons. The van der Waals surface area contributed by atoms with Crippen molar-refractivity contribution in [2.75, 3.05) is 5.75 Å². The first-order valence-corrected chi connectivity index (χ1v) is 9.61. The molecule has 0 aliphatic heterocycles. The van der Waals surface area contributed by atoms with E-state index in [1.54, 1.807) is 11.8 Å². The van der Waals surface area contributed by atoms with Gasteiger partial charge in [-0.1, -0.05) is 42.3 Å². The number of benzene rings is 2. The molecule has 0 unspecified atom stereocenters. The van der Waals surface area contributed by atoms with Gasteiger partial charge < -0.3 is 5.32 Å². The molecule has 0 radical (unpaired) electrons. The van der Waals surface area contributed by atoms with Gasteiger partial charge in [-0.3, -0.25) is 4.79 Å². The molecule has 0 aromatic heterocycles. The average molecular weight is 362 g/mol. The highest BCUT2D eigenvalue weighted by Gasteiger charge is 2.14. The summed E-state index contributed by atoms with van der Waals surface area (Å²) in [7, 11) is 0. The predicted octanol–water partition coefficient (Wildman–Crippen LogP) is 5.71. The Bertz CT molecular complexity index is 685. The normalized spacial score (nSPS) is 12.0. The molecule has 0 bridgehead atoms. The zero-order chi connectivity index (χ0) is 17.5. The summed E-state index contributed by atoms with van der Waals surface area (Å²) < 4.78 is 0. The second-order valence-corrected chi connectivity index (χ2v) is 7.55. The van der Waals surface area contributed by atoms with E-state index in [-0.39, 0.29) is 11.9 Å². The number of nitrogens with one attached hydrogen (secondary N) is 1. The van der Waals surface area contributed by atoms with Crippen molar-refractivity contribution in [2.45, 2.75) is 44.6 Å². The van der Waals surface area contributed by atoms with Gasteiger partial charge in [0.25, 0.3) is 0 Å². The van der Waals surface area contributed by atoms with E-state index in [1.165, 1.54) is 16.7 Å². The number of aryl methyl sites for hydroxylation is 2. The van der Waals surface area contributed by atoms with Crippen LogP contribution in [0.2, 0.25) is 5.02 Å². The number of thioether (sulfide) groups is 1. The Hall–Kier alpha value is -1.45. The summed E-state index contributed by atoms with van der Waals surface area (Å²) in [6.45, 7) is 6.30. The molecular weight excluding hydrogens is 338 g/mol. The minimum atomic E-state index is 0.0821. The molecule has 0 saturated carbocycles. The minimum Gasteiger partial charge on any atom is -0.349 e. The third-order valence-corrected chi connectivity index (χ3v) is 5.22. The van der Waals surface area contributed by atoms with E-state index >= 15 is 0 Å². The van der Waals surface area contributed by atoms with Crippen LogP contribution in [0.1, 0.15) is 42.5 Å². The molecule has 2 nitrogen and oxygen atoms in total. The first kappa shape index (κ1) is 18.9. The first-order chi connectivity index (χ1) is 11.5. The van der Waals surface area contributed by atoms with Gasteiger partial charge in [-0.05, 0) is 55.7 Å². The monoisotopic (exact) mass is 361 g/mol. The van der Waals surface area contributed by atoms with Crippen molar-refractivity contribution < 1.29 is 4.79 Å². The molecule has 0 fully saturated rings. The van der Waals surface area contributed by atoms with Crippen LogP contribution in [0.25, 0.3) is 0 Å². The summed E-state index contributed by atoms with van der Waals surface area (Å²) in [5.74, 6) is 0.861. The number of amides is 1. The molecule has 2 aromatic rings. The van der Waals surface area contributed by atoms with Crippen molar-refractivity contribution >= 4 is 29.3 Å². The fourth-order valence-electron chi connectivity index (χ4n) is 2.68. The SMILES string of the molecule is CC[C@H](NC(=O)CCSc1ccc(Cl)cc1)c1ccc(C)cc1C. The van der Waals surface area contributed by atoms with Gasteiger partial charge >= 0.3 is 0 Å². The number of hydrogen-bond donors (Lipinski definition) is 1. The molecule has 2 aromatic carbocycles. The lowest BCUT2D eigenvalue weighted by Gasteiger charge is -2.20. The Balaban J connectivity index is 1.86. The molecule has 0 aliphatic carbocycles. The maximum absolute atomic E-state index is 12.3. The van der Waals surface area contributed by atoms with E-state index in [0.717, 1.165) is 22.1 Å². The van der Waals surface area contributed by atoms with E-state index < -0.39 is 0 Å². The summed E-state index contributed by atoms with van der Waals surface area (Å²) in [5, 5.41) is 3.90. The predicted molar refractivity (Wildman–Crippen MR) is 104 cm³/mol. The second-order valence-electron chi connectivity index (χ2n) is 5.94. The molecule has 1 N–H and O–H groups in total. The Kier molecular flexibility index (Phi) is 7.19. The summed E-state index contributed by atoms with van der Waals surface area (Å²) in [6, 6.07) is 14.2. The summed E-state index contributed by atoms with van der Waals surface area (Å²) in [5.41, 5.74) is 3.69. The minimum absolute atomic E-state index is 0.0821. The van der Waals surface area contributed by atoms with Crippen molar-refractivity contribution in [3.05, 3.63) is 64.2 Å². The van der Waals surface area contributed by atoms with Gasteiger partial charge in [-0.2, -0.15) is 0 Å². The topological polar surface area (TPSA) is 29.1 Å². The van der Waals surface area contributed by atoms with Crippen LogP contribution in [-0.4, -0.2) is 11.7 Å². The molecule has 24 heavy (non-hydrogen) atoms. The van der Waals surface area contributed by atoms with Gasteiger partial charge in [0.1, 0.15) is 0 Å². The third kappa shape index (κ3) is 5.57. The lowest BCUT2D eigenvalue weighted by atomic mass is 9.97. The molecule has 4 heteroatoms. The molecule has 0 spiro atoms. The van der Waals surface area contributed by atoms with Crippen molar-refractivity contribution in [2.24, 2.45) is 0 Å². The third-order valence-electron chi connectivity index (χ3n) is 3.96. The van der Waals surface area contributed by atoms with Crippen LogP contribution in [0.15, 0.2) is 47.4 Å². The van der Waals surface area contributed by atoms with Crippen LogP contribution < -0.4 is 5.32 Å².